The summed E-state index contributed by atoms with van der Waals surface area (Å²) >= 11 is 0. The van der Waals surface area contributed by atoms with E-state index in [1.807, 2.05) is 6.92 Å². The number of anilines is 1. The van der Waals surface area contributed by atoms with Gasteiger partial charge in [-0.2, -0.15) is 0 Å². The molecule has 1 heterocycles. The van der Waals surface area contributed by atoms with Gasteiger partial charge in [-0.15, -0.1) is 0 Å². The van der Waals surface area contributed by atoms with Gasteiger partial charge in [-0.25, -0.2) is 16.8 Å². The van der Waals surface area contributed by atoms with Gasteiger partial charge in [-0.05, 0) is 38.1 Å². The molecular formula is C13H20N2O4S2. The van der Waals surface area contributed by atoms with E-state index in [1.54, 1.807) is 0 Å². The number of nitrogens with one attached hydrogen (secondary N) is 2. The monoisotopic (exact) mass is 332 g/mol. The molecule has 1 aromatic carbocycles. The second-order valence-corrected chi connectivity index (χ2v) is 9.81. The molecule has 0 bridgehead atoms. The average molecular weight is 332 g/mol. The van der Waals surface area contributed by atoms with Crippen LogP contribution in [0.4, 0.5) is 5.69 Å². The summed E-state index contributed by atoms with van der Waals surface area (Å²) in [4.78, 5) is 0.0155. The van der Waals surface area contributed by atoms with Crippen LogP contribution in [-0.2, 0) is 19.7 Å². The van der Waals surface area contributed by atoms with Crippen molar-refractivity contribution in [2.45, 2.75) is 28.7 Å². The Balaban J connectivity index is 2.51. The molecule has 1 aliphatic heterocycles. The highest BCUT2D eigenvalue weighted by Crippen LogP contribution is 2.29. The van der Waals surface area contributed by atoms with Crippen molar-refractivity contribution in [2.24, 2.45) is 0 Å². The maximum Gasteiger partial charge on any atom is 0.177 e. The fourth-order valence-electron chi connectivity index (χ4n) is 2.39. The lowest BCUT2D eigenvalue weighted by Gasteiger charge is -2.27. The molecule has 8 heteroatoms. The van der Waals surface area contributed by atoms with Gasteiger partial charge in [0.1, 0.15) is 0 Å². The molecule has 6 nitrogen and oxygen atoms in total. The lowest BCUT2D eigenvalue weighted by molar-refractivity contribution is 0.563. The zero-order chi connectivity index (χ0) is 15.9. The third-order valence-corrected chi connectivity index (χ3v) is 5.83. The normalized spacial score (nSPS) is 23.2. The Bertz CT molecular complexity index is 748. The molecule has 0 amide bonds. The first kappa shape index (κ1) is 16.3. The predicted molar refractivity (Wildman–Crippen MR) is 82.2 cm³/mol. The zero-order valence-corrected chi connectivity index (χ0v) is 13.9. The van der Waals surface area contributed by atoms with Crippen molar-refractivity contribution >= 4 is 25.4 Å². The van der Waals surface area contributed by atoms with Crippen LogP contribution in [0.2, 0.25) is 0 Å². The number of sulfone groups is 2. The van der Waals surface area contributed by atoms with E-state index in [2.05, 4.69) is 10.6 Å². The lowest BCUT2D eigenvalue weighted by atomic mass is 10.0. The minimum absolute atomic E-state index is 0.00294. The molecule has 118 valence electrons. The van der Waals surface area contributed by atoms with Crippen LogP contribution in [0.3, 0.4) is 0 Å². The van der Waals surface area contributed by atoms with Gasteiger partial charge in [0.15, 0.2) is 19.7 Å². The van der Waals surface area contributed by atoms with Crippen LogP contribution < -0.4 is 10.6 Å². The largest absolute Gasteiger partial charge is 0.377 e. The van der Waals surface area contributed by atoms with E-state index in [0.717, 1.165) is 32.0 Å². The van der Waals surface area contributed by atoms with Crippen molar-refractivity contribution in [2.75, 3.05) is 30.9 Å². The lowest BCUT2D eigenvalue weighted by Crippen LogP contribution is -2.37. The van der Waals surface area contributed by atoms with E-state index >= 15 is 0 Å². The highest BCUT2D eigenvalue weighted by atomic mass is 32.2. The maximum atomic E-state index is 12.0. The molecule has 1 unspecified atom stereocenters. The minimum atomic E-state index is -3.53. The van der Waals surface area contributed by atoms with Crippen molar-refractivity contribution in [1.29, 1.82) is 0 Å². The van der Waals surface area contributed by atoms with Crippen molar-refractivity contribution < 1.29 is 16.8 Å². The summed E-state index contributed by atoms with van der Waals surface area (Å²) in [6.07, 6.45) is 3.00. The third-order valence-electron chi connectivity index (χ3n) is 3.59. The number of benzene rings is 1. The topological polar surface area (TPSA) is 92.3 Å². The predicted octanol–water partition coefficient (Wildman–Crippen LogP) is 0.657. The van der Waals surface area contributed by atoms with Gasteiger partial charge in [-0.3, -0.25) is 0 Å². The molecule has 1 aliphatic rings. The van der Waals surface area contributed by atoms with Crippen LogP contribution in [0.1, 0.15) is 13.3 Å². The molecule has 1 saturated heterocycles. The van der Waals surface area contributed by atoms with E-state index in [9.17, 15) is 16.8 Å². The maximum absolute atomic E-state index is 12.0. The van der Waals surface area contributed by atoms with E-state index in [4.69, 9.17) is 0 Å². The number of hydrogen-bond donors (Lipinski definition) is 2. The summed E-state index contributed by atoms with van der Waals surface area (Å²) in [5.41, 5.74) is 0.197. The minimum Gasteiger partial charge on any atom is -0.377 e. The molecule has 0 aliphatic carbocycles. The Kier molecular flexibility index (Phi) is 4.07. The van der Waals surface area contributed by atoms with Crippen LogP contribution in [0.25, 0.3) is 0 Å². The summed E-state index contributed by atoms with van der Waals surface area (Å²) < 4.78 is 47.1. The highest BCUT2D eigenvalue weighted by Gasteiger charge is 2.30. The molecular weight excluding hydrogens is 312 g/mol. The Morgan fingerprint density at radius 1 is 1.14 bits per heavy atom. The van der Waals surface area contributed by atoms with Gasteiger partial charge in [0, 0.05) is 24.6 Å². The molecule has 0 saturated carbocycles. The molecule has 1 fully saturated rings. The quantitative estimate of drug-likeness (QED) is 0.841. The van der Waals surface area contributed by atoms with Crippen LogP contribution in [0.15, 0.2) is 28.0 Å². The number of hydrogen-bond acceptors (Lipinski definition) is 6. The molecule has 1 atom stereocenters. The summed E-state index contributed by atoms with van der Waals surface area (Å²) in [5.74, 6) is 0. The van der Waals surface area contributed by atoms with Gasteiger partial charge in [-0.1, -0.05) is 0 Å². The molecule has 0 spiro atoms. The smallest absolute Gasteiger partial charge is 0.177 e. The molecule has 0 aromatic heterocycles. The summed E-state index contributed by atoms with van der Waals surface area (Å²) in [7, 11) is -6.98. The van der Waals surface area contributed by atoms with Gasteiger partial charge >= 0.3 is 0 Å². The Morgan fingerprint density at radius 3 is 2.29 bits per heavy atom. The zero-order valence-electron chi connectivity index (χ0n) is 12.3. The fourth-order valence-corrected chi connectivity index (χ4v) is 3.97. The van der Waals surface area contributed by atoms with Crippen molar-refractivity contribution in [1.82, 2.24) is 5.32 Å². The van der Waals surface area contributed by atoms with Crippen LogP contribution in [0.5, 0.6) is 0 Å². The molecule has 21 heavy (non-hydrogen) atoms. The number of rotatable bonds is 4. The van der Waals surface area contributed by atoms with Gasteiger partial charge in [0.05, 0.1) is 15.5 Å². The highest BCUT2D eigenvalue weighted by molar-refractivity contribution is 7.91. The average Bonchev–Trinajstić information content (AvgIpc) is 2.73. The molecule has 2 rings (SSSR count). The van der Waals surface area contributed by atoms with Gasteiger partial charge in [0.25, 0.3) is 0 Å². The molecule has 0 radical (unpaired) electrons. The Labute approximate surface area is 125 Å². The van der Waals surface area contributed by atoms with E-state index in [-0.39, 0.29) is 15.3 Å². The van der Waals surface area contributed by atoms with Gasteiger partial charge in [0.2, 0.25) is 0 Å². The fraction of sp³-hybridized carbons (Fsp3) is 0.538. The Hall–Kier alpha value is -1.12. The second kappa shape index (κ2) is 5.26. The first-order chi connectivity index (χ1) is 9.51. The van der Waals surface area contributed by atoms with E-state index < -0.39 is 19.7 Å². The van der Waals surface area contributed by atoms with E-state index in [0.29, 0.717) is 5.69 Å². The second-order valence-electron chi connectivity index (χ2n) is 5.81. The molecule has 2 N–H and O–H groups in total. The standard InChI is InChI=1S/C13H20N2O4S2/c1-13(6-7-14-9-13)15-11-5-4-10(20(2,16)17)8-12(11)21(3,18)19/h4-5,8,14-15H,6-7,9H2,1-3H3. The van der Waals surface area contributed by atoms with Crippen LogP contribution in [-0.4, -0.2) is 48.0 Å². The van der Waals surface area contributed by atoms with Crippen LogP contribution in [0, 0.1) is 0 Å². The Morgan fingerprint density at radius 2 is 1.81 bits per heavy atom. The summed E-state index contributed by atoms with van der Waals surface area (Å²) in [6.45, 7) is 3.59. The first-order valence-electron chi connectivity index (χ1n) is 6.54. The SMILES string of the molecule is CC1(Nc2ccc(S(C)(=O)=O)cc2S(C)(=O)=O)CCNC1. The van der Waals surface area contributed by atoms with Crippen molar-refractivity contribution in [3.05, 3.63) is 18.2 Å². The summed E-state index contributed by atoms with van der Waals surface area (Å²) in [5, 5.41) is 6.45. The van der Waals surface area contributed by atoms with Crippen molar-refractivity contribution in [3.8, 4) is 0 Å². The first-order valence-corrected chi connectivity index (χ1v) is 10.3. The van der Waals surface area contributed by atoms with Crippen molar-refractivity contribution in [3.63, 3.8) is 0 Å². The third kappa shape index (κ3) is 3.75. The van der Waals surface area contributed by atoms with Gasteiger partial charge < -0.3 is 10.6 Å². The van der Waals surface area contributed by atoms with Crippen LogP contribution >= 0.6 is 0 Å². The summed E-state index contributed by atoms with van der Waals surface area (Å²) in [6, 6.07) is 4.17. The van der Waals surface area contributed by atoms with E-state index in [1.165, 1.54) is 18.2 Å². The molecule has 1 aromatic rings.